The van der Waals surface area contributed by atoms with Gasteiger partial charge < -0.3 is 37.2 Å². The van der Waals surface area contributed by atoms with Crippen molar-refractivity contribution in [3.63, 3.8) is 0 Å². The average molecular weight is 442 g/mol. The molecule has 0 amide bonds. The molecule has 0 saturated carbocycles. The van der Waals surface area contributed by atoms with Crippen molar-refractivity contribution in [3.05, 3.63) is 94.6 Å². The molecule has 0 N–H and O–H groups in total. The van der Waals surface area contributed by atoms with Gasteiger partial charge in [-0.05, 0) is 11.1 Å². The van der Waals surface area contributed by atoms with Gasteiger partial charge in [0.2, 0.25) is 0 Å². The first-order valence-electron chi connectivity index (χ1n) is 7.94. The van der Waals surface area contributed by atoms with Crippen LogP contribution in [0.1, 0.15) is 44.7 Å². The summed E-state index contributed by atoms with van der Waals surface area (Å²) < 4.78 is 0. The van der Waals surface area contributed by atoms with E-state index >= 15 is 0 Å². The number of allylic oxidation sites excluding steroid dienone is 4. The van der Waals surface area contributed by atoms with Crippen molar-refractivity contribution in [2.24, 2.45) is 5.41 Å². The van der Waals surface area contributed by atoms with E-state index in [1.54, 1.807) is 0 Å². The summed E-state index contributed by atoms with van der Waals surface area (Å²) in [7, 11) is 0. The summed E-state index contributed by atoms with van der Waals surface area (Å²) in [5.74, 6) is 0.294. The first kappa shape index (κ1) is 27.7. The van der Waals surface area contributed by atoms with Gasteiger partial charge >= 0.3 is 21.7 Å². The van der Waals surface area contributed by atoms with Crippen molar-refractivity contribution >= 4 is 0 Å². The smallest absolute Gasteiger partial charge is 1.00 e. The molecule has 0 bridgehead atoms. The topological polar surface area (TPSA) is 0 Å². The molecule has 2 aromatic carbocycles. The van der Waals surface area contributed by atoms with Crippen LogP contribution in [0, 0.1) is 11.5 Å². The van der Waals surface area contributed by atoms with Crippen LogP contribution in [0.5, 0.6) is 0 Å². The molecule has 0 fully saturated rings. The molecule has 1 aliphatic carbocycles. The summed E-state index contributed by atoms with van der Waals surface area (Å²) in [5, 5.41) is 0. The van der Waals surface area contributed by atoms with Crippen LogP contribution in [-0.2, 0) is 21.7 Å². The van der Waals surface area contributed by atoms with Crippen molar-refractivity contribution in [1.29, 1.82) is 0 Å². The van der Waals surface area contributed by atoms with E-state index in [9.17, 15) is 0 Å². The third-order valence-corrected chi connectivity index (χ3v) is 5.19. The maximum Gasteiger partial charge on any atom is 4.00 e. The Hall–Kier alpha value is -0.496. The zero-order chi connectivity index (χ0) is 15.7. The summed E-state index contributed by atoms with van der Waals surface area (Å²) in [6.07, 6.45) is 3.77. The second-order valence-corrected chi connectivity index (χ2v) is 6.46. The normalized spacial score (nSPS) is 18.1. The predicted octanol–water partition coefficient (Wildman–Crippen LogP) is -3.07. The Labute approximate surface area is 191 Å². The summed E-state index contributed by atoms with van der Waals surface area (Å²) in [6, 6.07) is 21.6. The van der Waals surface area contributed by atoms with Gasteiger partial charge in [0.05, 0.1) is 0 Å². The molecular weight excluding hydrogens is 418 g/mol. The third kappa shape index (κ3) is 5.06. The molecule has 26 heavy (non-hydrogen) atoms. The summed E-state index contributed by atoms with van der Waals surface area (Å²) >= 11 is 0. The van der Waals surface area contributed by atoms with E-state index in [1.165, 1.54) is 27.8 Å². The minimum atomic E-state index is -0.0864. The van der Waals surface area contributed by atoms with Crippen molar-refractivity contribution < 1.29 is 58.9 Å². The largest absolute Gasteiger partial charge is 4.00 e. The maximum absolute atomic E-state index is 3.77. The van der Waals surface area contributed by atoms with E-state index < -0.39 is 0 Å². The van der Waals surface area contributed by atoms with Gasteiger partial charge in [0.25, 0.3) is 0 Å². The third-order valence-electron chi connectivity index (χ3n) is 5.19. The molecular formula is C22H23Cl3Ti. The van der Waals surface area contributed by atoms with Crippen molar-refractivity contribution in [1.82, 2.24) is 0 Å². The standard InChI is InChI=1S/C22H23.3ClH.Ti/c1-16-15-22(4,18(3)17(16)2)21(19-11-7-5-8-12-19)20-13-9-6-10-14-20;;;;/h5-14,21H,1-4H3;3*1H;/q-1;;;;+4/p-3. The van der Waals surface area contributed by atoms with Crippen LogP contribution >= 0.6 is 0 Å². The molecule has 3 rings (SSSR count). The van der Waals surface area contributed by atoms with Gasteiger partial charge in [-0.25, -0.2) is 5.57 Å². The second kappa shape index (κ2) is 11.4. The molecule has 1 aliphatic rings. The number of rotatable bonds is 3. The molecule has 4 heteroatoms. The predicted molar refractivity (Wildman–Crippen MR) is 93.6 cm³/mol. The van der Waals surface area contributed by atoms with Crippen LogP contribution in [0.2, 0.25) is 0 Å². The summed E-state index contributed by atoms with van der Waals surface area (Å²) in [5.41, 5.74) is 6.73. The Morgan fingerprint density at radius 2 is 1.12 bits per heavy atom. The van der Waals surface area contributed by atoms with Crippen molar-refractivity contribution in [2.75, 3.05) is 0 Å². The SMILES string of the molecule is CC1=[C-]C(C)(C(c2ccccc2)c2ccccc2)C(C)=C1C.[Cl-].[Cl-].[Cl-].[Ti+4]. The van der Waals surface area contributed by atoms with Gasteiger partial charge in [-0.3, -0.25) is 6.08 Å². The number of benzene rings is 2. The van der Waals surface area contributed by atoms with Crippen LogP contribution in [0.15, 0.2) is 77.4 Å². The van der Waals surface area contributed by atoms with Gasteiger partial charge in [-0.2, -0.15) is 11.1 Å². The van der Waals surface area contributed by atoms with E-state index in [4.69, 9.17) is 0 Å². The number of hydrogen-bond donors (Lipinski definition) is 0. The Balaban J connectivity index is 0. The zero-order valence-corrected chi connectivity index (χ0v) is 19.3. The molecule has 0 aliphatic heterocycles. The van der Waals surface area contributed by atoms with Gasteiger partial charge in [0.1, 0.15) is 0 Å². The molecule has 0 saturated heterocycles. The zero-order valence-electron chi connectivity index (χ0n) is 15.5. The number of halogens is 3. The summed E-state index contributed by atoms with van der Waals surface area (Å²) in [6.45, 7) is 8.98. The van der Waals surface area contributed by atoms with Crippen LogP contribution in [0.3, 0.4) is 0 Å². The molecule has 2 aromatic rings. The van der Waals surface area contributed by atoms with E-state index in [1.807, 2.05) is 0 Å². The fourth-order valence-electron chi connectivity index (χ4n) is 3.69. The van der Waals surface area contributed by atoms with E-state index in [0.29, 0.717) is 5.92 Å². The minimum absolute atomic E-state index is 0. The summed E-state index contributed by atoms with van der Waals surface area (Å²) in [4.78, 5) is 0. The molecule has 0 nitrogen and oxygen atoms in total. The van der Waals surface area contributed by atoms with E-state index in [2.05, 4.69) is 94.4 Å². The van der Waals surface area contributed by atoms with Crippen molar-refractivity contribution in [2.45, 2.75) is 33.6 Å². The van der Waals surface area contributed by atoms with Crippen LogP contribution in [0.25, 0.3) is 0 Å². The Bertz CT molecular complexity index is 699. The minimum Gasteiger partial charge on any atom is -1.00 e. The molecule has 0 spiro atoms. The van der Waals surface area contributed by atoms with Gasteiger partial charge in [0, 0.05) is 5.92 Å². The van der Waals surface area contributed by atoms with E-state index in [-0.39, 0.29) is 64.4 Å². The number of hydrogen-bond acceptors (Lipinski definition) is 0. The molecule has 0 heterocycles. The molecule has 136 valence electrons. The monoisotopic (exact) mass is 440 g/mol. The Morgan fingerprint density at radius 3 is 1.42 bits per heavy atom. The molecule has 1 unspecified atom stereocenters. The van der Waals surface area contributed by atoms with E-state index in [0.717, 1.165) is 0 Å². The van der Waals surface area contributed by atoms with Gasteiger partial charge in [-0.15, -0.1) is 6.92 Å². The fourth-order valence-corrected chi connectivity index (χ4v) is 3.69. The maximum atomic E-state index is 3.77. The first-order chi connectivity index (χ1) is 10.5. The van der Waals surface area contributed by atoms with Gasteiger partial charge in [-0.1, -0.05) is 86.8 Å². The fraction of sp³-hybridized carbons (Fsp3) is 0.273. The average Bonchev–Trinajstić information content (AvgIpc) is 2.73. The quantitative estimate of drug-likeness (QED) is 0.351. The second-order valence-electron chi connectivity index (χ2n) is 6.46. The molecule has 0 radical (unpaired) electrons. The van der Waals surface area contributed by atoms with Crippen molar-refractivity contribution in [3.8, 4) is 0 Å². The Morgan fingerprint density at radius 1 is 0.731 bits per heavy atom. The Kier molecular flexibility index (Phi) is 12.1. The first-order valence-corrected chi connectivity index (χ1v) is 7.94. The van der Waals surface area contributed by atoms with Crippen LogP contribution < -0.4 is 37.2 Å². The van der Waals surface area contributed by atoms with Gasteiger partial charge in [0.15, 0.2) is 0 Å². The van der Waals surface area contributed by atoms with Crippen LogP contribution in [-0.4, -0.2) is 0 Å². The molecule has 1 atom stereocenters. The molecule has 0 aromatic heterocycles. The van der Waals surface area contributed by atoms with Crippen LogP contribution in [0.4, 0.5) is 0 Å².